The molecule has 4 rings (SSSR count). The van der Waals surface area contributed by atoms with E-state index in [1.807, 2.05) is 0 Å². The first-order valence-corrected chi connectivity index (χ1v) is 11.3. The number of nitrogen functional groups attached to an aromatic ring is 2. The molecular weight excluding hydrogens is 531 g/mol. The molecule has 0 fully saturated rings. The van der Waals surface area contributed by atoms with E-state index in [9.17, 15) is 32.8 Å². The molecule has 1 atom stereocenters. The Morgan fingerprint density at radius 1 is 0.950 bits per heavy atom. The topological polar surface area (TPSA) is 183 Å². The number of carboxylic acid groups (broad SMARTS) is 1. The molecule has 0 aliphatic rings. The highest BCUT2D eigenvalue weighted by Gasteiger charge is 2.39. The van der Waals surface area contributed by atoms with E-state index in [-0.39, 0.29) is 45.3 Å². The van der Waals surface area contributed by atoms with E-state index in [1.54, 1.807) is 6.07 Å². The Kier molecular flexibility index (Phi) is 7.23. The number of anilines is 2. The number of alkyl halides is 3. The lowest BCUT2D eigenvalue weighted by molar-refractivity contribution is -0.139. The highest BCUT2D eigenvalue weighted by molar-refractivity contribution is 5.91. The van der Waals surface area contributed by atoms with Gasteiger partial charge in [-0.15, -0.1) is 0 Å². The van der Waals surface area contributed by atoms with Crippen LogP contribution in [0.3, 0.4) is 0 Å². The van der Waals surface area contributed by atoms with Crippen LogP contribution in [0.25, 0.3) is 17.5 Å². The van der Waals surface area contributed by atoms with E-state index in [4.69, 9.17) is 16.6 Å². The smallest absolute Gasteiger partial charge is 0.399 e. The number of hydrogen-bond acceptors (Lipinski definition) is 8. The molecule has 2 heterocycles. The van der Waals surface area contributed by atoms with Crippen molar-refractivity contribution in [3.8, 4) is 17.4 Å². The van der Waals surface area contributed by atoms with Gasteiger partial charge < -0.3 is 16.6 Å². The van der Waals surface area contributed by atoms with Crippen molar-refractivity contribution < 1.29 is 23.1 Å². The number of nitrogens with two attached hydrogens (primary N) is 2. The first-order chi connectivity index (χ1) is 18.9. The largest absolute Gasteiger partial charge is 0.478 e. The molecule has 4 aromatic rings. The summed E-state index contributed by atoms with van der Waals surface area (Å²) in [4.78, 5) is 43.6. The van der Waals surface area contributed by atoms with Gasteiger partial charge in [0.1, 0.15) is 17.7 Å². The minimum absolute atomic E-state index is 0.0164. The van der Waals surface area contributed by atoms with Gasteiger partial charge in [0.15, 0.2) is 0 Å². The molecule has 5 N–H and O–H groups in total. The van der Waals surface area contributed by atoms with Crippen LogP contribution in [-0.4, -0.2) is 36.4 Å². The van der Waals surface area contributed by atoms with Crippen LogP contribution in [0.5, 0.6) is 0 Å². The van der Waals surface area contributed by atoms with Crippen molar-refractivity contribution in [1.82, 2.24) is 19.1 Å². The predicted octanol–water partition coefficient (Wildman–Crippen LogP) is 2.87. The second kappa shape index (κ2) is 10.6. The molecule has 2 aromatic carbocycles. The minimum atomic E-state index is -4.81. The number of halogens is 3. The van der Waals surface area contributed by atoms with Gasteiger partial charge in [0.2, 0.25) is 0 Å². The molecule has 14 heteroatoms. The third-order valence-corrected chi connectivity index (χ3v) is 5.76. The number of rotatable bonds is 6. The van der Waals surface area contributed by atoms with Crippen LogP contribution in [0.15, 0.2) is 76.6 Å². The van der Waals surface area contributed by atoms with Crippen molar-refractivity contribution in [3.05, 3.63) is 110 Å². The number of allylic oxidation sites excluding steroid dienone is 1. The predicted molar refractivity (Wildman–Crippen MR) is 138 cm³/mol. The van der Waals surface area contributed by atoms with Crippen LogP contribution in [0, 0.1) is 11.3 Å². The van der Waals surface area contributed by atoms with Crippen LogP contribution in [0.1, 0.15) is 33.0 Å². The molecule has 0 aliphatic carbocycles. The average molecular weight is 549 g/mol. The maximum Gasteiger partial charge on any atom is 0.399 e. The summed E-state index contributed by atoms with van der Waals surface area (Å²) < 4.78 is 44.7. The van der Waals surface area contributed by atoms with Gasteiger partial charge in [-0.3, -0.25) is 9.13 Å². The zero-order valence-electron chi connectivity index (χ0n) is 20.2. The Bertz CT molecular complexity index is 1820. The lowest BCUT2D eigenvalue weighted by Crippen LogP contribution is -2.27. The summed E-state index contributed by atoms with van der Waals surface area (Å²) in [6.07, 6.45) is -0.416. The van der Waals surface area contributed by atoms with Crippen molar-refractivity contribution in [1.29, 1.82) is 5.26 Å². The molecular formula is C26H18F3N7O4. The summed E-state index contributed by atoms with van der Waals surface area (Å²) in [6.45, 7) is 0. The van der Waals surface area contributed by atoms with Gasteiger partial charge >= 0.3 is 23.5 Å². The average Bonchev–Trinajstić information content (AvgIpc) is 2.88. The fraction of sp³-hybridized carbons (Fsp3) is 0.0769. The first kappa shape index (κ1) is 27.3. The fourth-order valence-electron chi connectivity index (χ4n) is 3.89. The Morgan fingerprint density at radius 2 is 1.55 bits per heavy atom. The number of hydrogen-bond donors (Lipinski definition) is 3. The standard InChI is InChI=1S/C26H18F3N7O4/c27-26(28,29)18(5-2-14-1-4-17(23(37)38)16(11-14)13-30)15-3-6-19(35-9-7-21(31)33-24(35)39)20(12-15)36-10-8-22(32)34-25(36)40/h1-12,18H,(H,37,38)(H2,31,33,39)(H2,32,34,40)/b5-2+. The molecule has 0 bridgehead atoms. The highest BCUT2D eigenvalue weighted by atomic mass is 19.4. The van der Waals surface area contributed by atoms with Gasteiger partial charge in [-0.05, 0) is 47.5 Å². The van der Waals surface area contributed by atoms with Crippen molar-refractivity contribution in [3.63, 3.8) is 0 Å². The number of carbonyl (C=O) groups is 1. The van der Waals surface area contributed by atoms with Crippen molar-refractivity contribution >= 4 is 23.7 Å². The Balaban J connectivity index is 1.89. The van der Waals surface area contributed by atoms with Crippen LogP contribution in [0.4, 0.5) is 24.8 Å². The SMILES string of the molecule is N#Cc1cc(/C=C/C(c2ccc(-n3ccc(N)nc3=O)c(-n3ccc(N)nc3=O)c2)C(F)(F)F)ccc1C(=O)O. The number of nitriles is 1. The molecule has 0 amide bonds. The molecule has 0 spiro atoms. The van der Waals surface area contributed by atoms with Crippen molar-refractivity contribution in [2.75, 3.05) is 11.5 Å². The van der Waals surface area contributed by atoms with Crippen LogP contribution < -0.4 is 22.8 Å². The van der Waals surface area contributed by atoms with Gasteiger partial charge in [0.25, 0.3) is 0 Å². The molecule has 0 saturated heterocycles. The summed E-state index contributed by atoms with van der Waals surface area (Å²) in [6, 6.07) is 11.2. The van der Waals surface area contributed by atoms with E-state index >= 15 is 0 Å². The molecule has 0 radical (unpaired) electrons. The number of nitrogens with zero attached hydrogens (tertiary/aromatic N) is 5. The summed E-state index contributed by atoms with van der Waals surface area (Å²) >= 11 is 0. The molecule has 0 aliphatic heterocycles. The molecule has 11 nitrogen and oxygen atoms in total. The van der Waals surface area contributed by atoms with Crippen LogP contribution in [-0.2, 0) is 0 Å². The minimum Gasteiger partial charge on any atom is -0.478 e. The number of carboxylic acids is 1. The summed E-state index contributed by atoms with van der Waals surface area (Å²) in [5, 5.41) is 18.4. The van der Waals surface area contributed by atoms with Crippen molar-refractivity contribution in [2.45, 2.75) is 12.1 Å². The molecule has 0 saturated carbocycles. The third kappa shape index (κ3) is 5.58. The summed E-state index contributed by atoms with van der Waals surface area (Å²) in [5.74, 6) is -3.75. The third-order valence-electron chi connectivity index (χ3n) is 5.76. The quantitative estimate of drug-likeness (QED) is 0.325. The van der Waals surface area contributed by atoms with Crippen LogP contribution >= 0.6 is 0 Å². The second-order valence-electron chi connectivity index (χ2n) is 8.36. The van der Waals surface area contributed by atoms with E-state index in [0.29, 0.717) is 0 Å². The van der Waals surface area contributed by atoms with Crippen molar-refractivity contribution in [2.24, 2.45) is 0 Å². The van der Waals surface area contributed by atoms with E-state index in [1.165, 1.54) is 36.7 Å². The maximum absolute atomic E-state index is 14.3. The maximum atomic E-state index is 14.3. The second-order valence-corrected chi connectivity index (χ2v) is 8.36. The van der Waals surface area contributed by atoms with Gasteiger partial charge in [-0.1, -0.05) is 24.3 Å². The lowest BCUT2D eigenvalue weighted by Gasteiger charge is -2.20. The Labute approximate surface area is 222 Å². The number of aromatic nitrogens is 4. The highest BCUT2D eigenvalue weighted by Crippen LogP contribution is 2.38. The molecule has 1 unspecified atom stereocenters. The van der Waals surface area contributed by atoms with Gasteiger partial charge in [-0.25, -0.2) is 14.4 Å². The van der Waals surface area contributed by atoms with E-state index in [0.717, 1.165) is 45.6 Å². The zero-order valence-corrected chi connectivity index (χ0v) is 20.2. The fourth-order valence-corrected chi connectivity index (χ4v) is 3.89. The Morgan fingerprint density at radius 3 is 2.08 bits per heavy atom. The molecule has 40 heavy (non-hydrogen) atoms. The summed E-state index contributed by atoms with van der Waals surface area (Å²) in [7, 11) is 0. The van der Waals surface area contributed by atoms with E-state index < -0.39 is 29.4 Å². The van der Waals surface area contributed by atoms with Gasteiger partial charge in [0.05, 0.1) is 28.4 Å². The van der Waals surface area contributed by atoms with Crippen LogP contribution in [0.2, 0.25) is 0 Å². The number of benzene rings is 2. The van der Waals surface area contributed by atoms with Gasteiger partial charge in [0, 0.05) is 12.4 Å². The van der Waals surface area contributed by atoms with Gasteiger partial charge in [-0.2, -0.15) is 28.4 Å². The molecule has 202 valence electrons. The lowest BCUT2D eigenvalue weighted by atomic mass is 9.95. The number of aromatic carboxylic acids is 1. The zero-order chi connectivity index (χ0) is 29.2. The normalized spacial score (nSPS) is 12.2. The Hall–Kier alpha value is -5.71. The summed E-state index contributed by atoms with van der Waals surface area (Å²) in [5.41, 5.74) is 8.60. The molecule has 2 aromatic heterocycles. The first-order valence-electron chi connectivity index (χ1n) is 11.3. The monoisotopic (exact) mass is 549 g/mol. The van der Waals surface area contributed by atoms with E-state index in [2.05, 4.69) is 9.97 Å².